The number of rotatable bonds is 2. The number of ether oxygens (including phenoxy) is 1. The first kappa shape index (κ1) is 17.7. The highest BCUT2D eigenvalue weighted by Crippen LogP contribution is 2.27. The van der Waals surface area contributed by atoms with Gasteiger partial charge in [-0.25, -0.2) is 4.79 Å². The summed E-state index contributed by atoms with van der Waals surface area (Å²) in [6, 6.07) is 0. The average molecular weight is 337 g/mol. The molecule has 1 fully saturated rings. The van der Waals surface area contributed by atoms with Crippen molar-refractivity contribution in [2.45, 2.75) is 45.0 Å². The van der Waals surface area contributed by atoms with Gasteiger partial charge in [0.05, 0.1) is 6.20 Å². The fourth-order valence-electron chi connectivity index (χ4n) is 2.28. The Morgan fingerprint density at radius 1 is 1.48 bits per heavy atom. The van der Waals surface area contributed by atoms with Crippen molar-refractivity contribution in [3.8, 4) is 0 Å². The predicted octanol–water partition coefficient (Wildman–Crippen LogP) is 2.69. The molecule has 0 radical (unpaired) electrons. The average Bonchev–Trinajstić information content (AvgIpc) is 2.87. The van der Waals surface area contributed by atoms with Gasteiger partial charge in [-0.3, -0.25) is 4.79 Å². The van der Waals surface area contributed by atoms with Gasteiger partial charge in [0, 0.05) is 30.5 Å². The number of piperidine rings is 1. The van der Waals surface area contributed by atoms with Crippen LogP contribution in [0.5, 0.6) is 0 Å². The summed E-state index contributed by atoms with van der Waals surface area (Å²) in [5.74, 6) is 0. The molecule has 1 aliphatic rings. The fourth-order valence-corrected chi connectivity index (χ4v) is 3.22. The van der Waals surface area contributed by atoms with E-state index in [1.165, 1.54) is 16.4 Å². The van der Waals surface area contributed by atoms with Crippen molar-refractivity contribution < 1.29 is 14.3 Å². The smallest absolute Gasteiger partial charge is 0.435 e. The molecule has 0 aromatic carbocycles. The molecule has 0 aliphatic carbocycles. The molecular weight excluding hydrogens is 314 g/mol. The van der Waals surface area contributed by atoms with Crippen LogP contribution in [0, 0.1) is 0 Å². The number of carbonyl (C=O) groups excluding carboxylic acids is 2. The Hall–Kier alpha value is -1.60. The van der Waals surface area contributed by atoms with Crippen molar-refractivity contribution in [3.63, 3.8) is 0 Å². The van der Waals surface area contributed by atoms with Gasteiger partial charge in [0.1, 0.15) is 5.60 Å². The molecule has 1 saturated heterocycles. The highest BCUT2D eigenvalue weighted by atomic mass is 32.2. The van der Waals surface area contributed by atoms with Crippen LogP contribution < -0.4 is 5.32 Å². The van der Waals surface area contributed by atoms with Gasteiger partial charge in [-0.1, -0.05) is 17.8 Å². The Kier molecular flexibility index (Phi) is 5.64. The number of hydrogen-bond acceptors (Lipinski definition) is 6. The molecule has 6 nitrogen and oxygen atoms in total. The molecule has 0 amide bonds. The summed E-state index contributed by atoms with van der Waals surface area (Å²) in [5.41, 5.74) is 1.40. The number of carbonyl (C=O) groups is 2. The van der Waals surface area contributed by atoms with Crippen LogP contribution in [0.4, 0.5) is 4.79 Å². The van der Waals surface area contributed by atoms with E-state index in [9.17, 15) is 9.59 Å². The molecule has 2 heterocycles. The lowest BCUT2D eigenvalue weighted by Gasteiger charge is -2.24. The van der Waals surface area contributed by atoms with Gasteiger partial charge in [0.15, 0.2) is 5.12 Å². The highest BCUT2D eigenvalue weighted by molar-refractivity contribution is 8.14. The number of nitrogens with zero attached hydrogens (tertiary/aromatic N) is 2. The molecule has 2 rings (SSSR count). The van der Waals surface area contributed by atoms with Crippen molar-refractivity contribution in [1.82, 2.24) is 15.1 Å². The molecule has 0 saturated carbocycles. The van der Waals surface area contributed by atoms with Crippen molar-refractivity contribution in [2.75, 3.05) is 13.1 Å². The Labute approximate surface area is 140 Å². The quantitative estimate of drug-likeness (QED) is 0.894. The van der Waals surface area contributed by atoms with Gasteiger partial charge >= 0.3 is 6.09 Å². The van der Waals surface area contributed by atoms with Gasteiger partial charge in [-0.2, -0.15) is 9.78 Å². The lowest BCUT2D eigenvalue weighted by Crippen LogP contribution is -2.32. The van der Waals surface area contributed by atoms with Crippen LogP contribution in [0.25, 0.3) is 6.08 Å². The lowest BCUT2D eigenvalue weighted by atomic mass is 10.0. The van der Waals surface area contributed by atoms with Gasteiger partial charge in [0.25, 0.3) is 0 Å². The zero-order chi connectivity index (χ0) is 17.0. The second-order valence-corrected chi connectivity index (χ2v) is 7.86. The summed E-state index contributed by atoms with van der Waals surface area (Å²) in [7, 11) is 0. The molecule has 7 heteroatoms. The number of aromatic nitrogens is 2. The maximum atomic E-state index is 12.0. The van der Waals surface area contributed by atoms with E-state index in [-0.39, 0.29) is 10.4 Å². The van der Waals surface area contributed by atoms with E-state index >= 15 is 0 Å². The van der Waals surface area contributed by atoms with Crippen molar-refractivity contribution >= 4 is 29.0 Å². The first-order chi connectivity index (χ1) is 10.7. The number of nitrogens with one attached hydrogen (secondary N) is 1. The van der Waals surface area contributed by atoms with Crippen LogP contribution in [0.3, 0.4) is 0 Å². The number of hydrogen-bond donors (Lipinski definition) is 1. The lowest BCUT2D eigenvalue weighted by molar-refractivity contribution is -0.109. The molecule has 1 aromatic heterocycles. The van der Waals surface area contributed by atoms with E-state index in [1.807, 2.05) is 26.8 Å². The third-order valence-corrected chi connectivity index (χ3v) is 4.32. The molecule has 1 atom stereocenters. The Morgan fingerprint density at radius 2 is 2.22 bits per heavy atom. The van der Waals surface area contributed by atoms with E-state index in [0.29, 0.717) is 0 Å². The molecule has 1 unspecified atom stereocenters. The normalized spacial score (nSPS) is 20.5. The van der Waals surface area contributed by atoms with Crippen molar-refractivity contribution in [1.29, 1.82) is 0 Å². The van der Waals surface area contributed by atoms with E-state index < -0.39 is 11.7 Å². The summed E-state index contributed by atoms with van der Waals surface area (Å²) < 4.78 is 6.48. The molecule has 0 spiro atoms. The van der Waals surface area contributed by atoms with Crippen molar-refractivity contribution in [2.24, 2.45) is 0 Å². The zero-order valence-corrected chi connectivity index (χ0v) is 14.8. The van der Waals surface area contributed by atoms with Crippen LogP contribution in [0.15, 0.2) is 18.0 Å². The van der Waals surface area contributed by atoms with Gasteiger partial charge in [0.2, 0.25) is 0 Å². The van der Waals surface area contributed by atoms with E-state index in [2.05, 4.69) is 10.4 Å². The topological polar surface area (TPSA) is 73.2 Å². The minimum absolute atomic E-state index is 0.118. The first-order valence-corrected chi connectivity index (χ1v) is 8.49. The standard InChI is InChI=1S/C16H23N3O3S/c1-11(20)23-14-5-6-17-9-13(14)7-12-8-18-19(10-12)15(21)22-16(2,3)4/h7-8,10,14,17H,5-6,9H2,1-4H3/b13-7+. The fraction of sp³-hybridized carbons (Fsp3) is 0.562. The van der Waals surface area contributed by atoms with Gasteiger partial charge < -0.3 is 10.1 Å². The molecule has 1 aliphatic heterocycles. The predicted molar refractivity (Wildman–Crippen MR) is 91.4 cm³/mol. The Balaban J connectivity index is 2.12. The Morgan fingerprint density at radius 3 is 2.87 bits per heavy atom. The monoisotopic (exact) mass is 337 g/mol. The van der Waals surface area contributed by atoms with Crippen LogP contribution >= 0.6 is 11.8 Å². The van der Waals surface area contributed by atoms with Crippen molar-refractivity contribution in [3.05, 3.63) is 23.5 Å². The summed E-state index contributed by atoms with van der Waals surface area (Å²) in [4.78, 5) is 23.3. The zero-order valence-electron chi connectivity index (χ0n) is 14.0. The van der Waals surface area contributed by atoms with E-state index in [1.54, 1.807) is 19.3 Å². The second kappa shape index (κ2) is 7.31. The molecule has 1 N–H and O–H groups in total. The molecular formula is C16H23N3O3S. The minimum atomic E-state index is -0.557. The second-order valence-electron chi connectivity index (χ2n) is 6.48. The molecule has 0 bridgehead atoms. The maximum Gasteiger partial charge on any atom is 0.435 e. The van der Waals surface area contributed by atoms with Gasteiger partial charge in [-0.05, 0) is 39.3 Å². The maximum absolute atomic E-state index is 12.0. The summed E-state index contributed by atoms with van der Waals surface area (Å²) >= 11 is 1.36. The molecule has 126 valence electrons. The summed E-state index contributed by atoms with van der Waals surface area (Å²) in [5, 5.41) is 7.66. The third-order valence-electron chi connectivity index (χ3n) is 3.17. The van der Waals surface area contributed by atoms with Gasteiger partial charge in [-0.15, -0.1) is 0 Å². The first-order valence-electron chi connectivity index (χ1n) is 7.61. The van der Waals surface area contributed by atoms with E-state index in [0.717, 1.165) is 30.6 Å². The molecule has 23 heavy (non-hydrogen) atoms. The summed E-state index contributed by atoms with van der Waals surface area (Å²) in [6.45, 7) is 8.67. The third kappa shape index (κ3) is 5.51. The largest absolute Gasteiger partial charge is 0.442 e. The van der Waals surface area contributed by atoms with Crippen LogP contribution in [0.1, 0.15) is 39.7 Å². The Bertz CT molecular complexity index is 616. The summed E-state index contributed by atoms with van der Waals surface area (Å²) in [6.07, 6.45) is 5.67. The molecule has 1 aromatic rings. The SMILES string of the molecule is CC(=O)SC1CCNC/C1=C\c1cnn(C(=O)OC(C)(C)C)c1. The minimum Gasteiger partial charge on any atom is -0.442 e. The van der Waals surface area contributed by atoms with Crippen LogP contribution in [-0.2, 0) is 9.53 Å². The van der Waals surface area contributed by atoms with E-state index in [4.69, 9.17) is 4.74 Å². The number of thioether (sulfide) groups is 1. The van der Waals surface area contributed by atoms with Crippen LogP contribution in [0.2, 0.25) is 0 Å². The van der Waals surface area contributed by atoms with Crippen LogP contribution in [-0.4, -0.2) is 44.9 Å². The highest BCUT2D eigenvalue weighted by Gasteiger charge is 2.22.